The van der Waals surface area contributed by atoms with E-state index in [0.717, 1.165) is 66.4 Å². The van der Waals surface area contributed by atoms with Gasteiger partial charge in [0.25, 0.3) is 5.70 Å². The minimum absolute atomic E-state index is 0.0651. The maximum absolute atomic E-state index is 9.68. The maximum atomic E-state index is 9.68. The first-order chi connectivity index (χ1) is 21.7. The number of aromatic nitrogens is 3. The first kappa shape index (κ1) is 27.5. The lowest BCUT2D eigenvalue weighted by Gasteiger charge is -2.25. The molecule has 0 amide bonds. The van der Waals surface area contributed by atoms with Crippen molar-refractivity contribution in [3.63, 3.8) is 0 Å². The van der Waals surface area contributed by atoms with Crippen LogP contribution in [0.4, 0.5) is 17.1 Å². The van der Waals surface area contributed by atoms with Gasteiger partial charge in [-0.3, -0.25) is 4.98 Å². The third-order valence-corrected chi connectivity index (χ3v) is 10.0. The van der Waals surface area contributed by atoms with Crippen LogP contribution in [0.25, 0.3) is 27.0 Å². The molecule has 0 bridgehead atoms. The number of hydrogen-bond donors (Lipinski definition) is 0. The van der Waals surface area contributed by atoms with Gasteiger partial charge in [-0.05, 0) is 54.1 Å². The van der Waals surface area contributed by atoms with Gasteiger partial charge in [0.05, 0.1) is 34.2 Å². The van der Waals surface area contributed by atoms with Crippen molar-refractivity contribution >= 4 is 63.3 Å². The number of fused-ring (bicyclic) bond motifs is 2. The maximum Gasteiger partial charge on any atom is 0.282 e. The lowest BCUT2D eigenvalue weighted by atomic mass is 10.00. The third-order valence-electron chi connectivity index (χ3n) is 6.88. The van der Waals surface area contributed by atoms with Gasteiger partial charge in [0, 0.05) is 50.4 Å². The molecule has 2 aromatic heterocycles. The average Bonchev–Trinajstić information content (AvgIpc) is 3.74. The Morgan fingerprint density at radius 3 is 1.98 bits per heavy atom. The van der Waals surface area contributed by atoms with Gasteiger partial charge in [-0.25, -0.2) is 10.1 Å². The predicted octanol–water partition coefficient (Wildman–Crippen LogP) is 9.43. The van der Waals surface area contributed by atoms with Gasteiger partial charge in [0.2, 0.25) is 0 Å². The van der Waals surface area contributed by atoms with E-state index >= 15 is 0 Å². The number of benzene rings is 4. The number of pyridine rings is 1. The molecule has 0 fully saturated rings. The monoisotopic (exact) mass is 618 g/mol. The number of thioether (sulfide) groups is 2. The fraction of sp³-hybridized carbons (Fsp3) is 0. The van der Waals surface area contributed by atoms with Crippen LogP contribution in [0.2, 0.25) is 0 Å². The van der Waals surface area contributed by atoms with Crippen LogP contribution in [-0.4, -0.2) is 13.7 Å². The molecule has 206 valence electrons. The van der Waals surface area contributed by atoms with Crippen LogP contribution >= 0.6 is 35.3 Å². The highest BCUT2D eigenvalue weighted by atomic mass is 32.2. The van der Waals surface area contributed by atoms with Crippen molar-refractivity contribution in [3.8, 4) is 29.0 Å². The van der Waals surface area contributed by atoms with Crippen LogP contribution in [0, 0.1) is 29.7 Å². The van der Waals surface area contributed by atoms with Crippen molar-refractivity contribution < 1.29 is 0 Å². The smallest absolute Gasteiger partial charge is 0.282 e. The summed E-state index contributed by atoms with van der Waals surface area (Å²) in [5.41, 5.74) is 8.11. The second-order valence-electron chi connectivity index (χ2n) is 9.47. The molecule has 44 heavy (non-hydrogen) atoms. The van der Waals surface area contributed by atoms with E-state index in [1.165, 1.54) is 23.5 Å². The Kier molecular flexibility index (Phi) is 7.54. The highest BCUT2D eigenvalue weighted by Gasteiger charge is 2.31. The van der Waals surface area contributed by atoms with Crippen molar-refractivity contribution in [2.24, 2.45) is 0 Å². The van der Waals surface area contributed by atoms with Crippen LogP contribution in [-0.2, 0) is 0 Å². The Morgan fingerprint density at radius 1 is 0.727 bits per heavy atom. The third kappa shape index (κ3) is 5.08. The average molecular weight is 619 g/mol. The highest BCUT2D eigenvalue weighted by Crippen LogP contribution is 2.58. The first-order valence-electron chi connectivity index (χ1n) is 13.4. The molecule has 0 atom stereocenters. The van der Waals surface area contributed by atoms with Crippen LogP contribution in [0.1, 0.15) is 11.1 Å². The van der Waals surface area contributed by atoms with Crippen LogP contribution in [0.15, 0.2) is 129 Å². The largest absolute Gasteiger partial charge is 0.311 e. The molecule has 0 saturated heterocycles. The van der Waals surface area contributed by atoms with Crippen molar-refractivity contribution in [1.29, 1.82) is 5.26 Å². The van der Waals surface area contributed by atoms with Gasteiger partial charge < -0.3 is 4.90 Å². The van der Waals surface area contributed by atoms with Gasteiger partial charge in [0.1, 0.15) is 11.0 Å². The van der Waals surface area contributed by atoms with E-state index in [9.17, 15) is 5.26 Å². The summed E-state index contributed by atoms with van der Waals surface area (Å²) in [6.07, 6.45) is 3.41. The fourth-order valence-electron chi connectivity index (χ4n) is 4.90. The lowest BCUT2D eigenvalue weighted by molar-refractivity contribution is 1.26. The Balaban J connectivity index is 1.39. The Bertz CT molecular complexity index is 2130. The van der Waals surface area contributed by atoms with Crippen molar-refractivity contribution in [1.82, 2.24) is 13.7 Å². The minimum atomic E-state index is 0.0651. The van der Waals surface area contributed by atoms with Gasteiger partial charge in [0.15, 0.2) is 0 Å². The number of anilines is 3. The van der Waals surface area contributed by atoms with E-state index in [1.807, 2.05) is 48.5 Å². The molecule has 0 saturated carbocycles. The molecule has 0 radical (unpaired) electrons. The molecule has 6 aromatic rings. The molecule has 1 aliphatic rings. The van der Waals surface area contributed by atoms with Gasteiger partial charge in [-0.2, -0.15) is 8.75 Å². The summed E-state index contributed by atoms with van der Waals surface area (Å²) in [6, 6.07) is 34.7. The summed E-state index contributed by atoms with van der Waals surface area (Å²) >= 11 is 3.98. The Morgan fingerprint density at radius 2 is 1.34 bits per heavy atom. The predicted molar refractivity (Wildman–Crippen MR) is 179 cm³/mol. The normalized spacial score (nSPS) is 12.9. The fourth-order valence-corrected chi connectivity index (χ4v) is 8.08. The van der Waals surface area contributed by atoms with Crippen molar-refractivity contribution in [2.45, 2.75) is 9.79 Å². The lowest BCUT2D eigenvalue weighted by Crippen LogP contribution is -2.09. The summed E-state index contributed by atoms with van der Waals surface area (Å²) in [6.45, 7) is 7.57. The SMILES string of the molecule is [C-]#[N+]/C(C#N)=C1/Sc2c(c(-c3ccc(N(c4ccccc4)c4ccccc4)cc3)c3nsnc3c2C#Cc2ccncc2)S1. The summed E-state index contributed by atoms with van der Waals surface area (Å²) < 4.78 is 10.0. The number of para-hydroxylation sites is 2. The zero-order valence-corrected chi connectivity index (χ0v) is 25.2. The molecule has 6 nitrogen and oxygen atoms in total. The number of nitriles is 1. The quantitative estimate of drug-likeness (QED) is 0.111. The summed E-state index contributed by atoms with van der Waals surface area (Å²) in [7, 11) is 0. The molecule has 7 rings (SSSR count). The van der Waals surface area contributed by atoms with Gasteiger partial charge in [-0.1, -0.05) is 83.9 Å². The summed E-state index contributed by atoms with van der Waals surface area (Å²) in [4.78, 5) is 11.6. The Hall–Kier alpha value is -5.37. The molecule has 0 spiro atoms. The molecular formula is C35H18N6S3. The summed E-state index contributed by atoms with van der Waals surface area (Å²) in [5.74, 6) is 6.56. The molecule has 3 heterocycles. The van der Waals surface area contributed by atoms with Gasteiger partial charge >= 0.3 is 0 Å². The second-order valence-corrected chi connectivity index (χ2v) is 12.3. The topological polar surface area (TPSA) is 70.1 Å². The van der Waals surface area contributed by atoms with E-state index in [0.29, 0.717) is 9.75 Å². The second kappa shape index (κ2) is 12.1. The van der Waals surface area contributed by atoms with E-state index in [1.54, 1.807) is 12.4 Å². The van der Waals surface area contributed by atoms with Crippen LogP contribution < -0.4 is 4.90 Å². The molecule has 1 aliphatic heterocycles. The molecule has 9 heteroatoms. The molecule has 0 aliphatic carbocycles. The van der Waals surface area contributed by atoms with E-state index in [2.05, 4.69) is 85.5 Å². The molecule has 4 aromatic carbocycles. The zero-order chi connectivity index (χ0) is 29.9. The standard InChI is InChI=1S/C35H18N6S3/c1-37-29(22-36)35-42-33-28(17-12-23-18-20-38-21-19-23)31-32(40-44-39-31)30(34(33)43-35)24-13-15-27(16-14-24)41(25-8-4-2-5-9-25)26-10-6-3-7-11-26/h2-11,13-16,18-21H/b35-29-. The highest BCUT2D eigenvalue weighted by molar-refractivity contribution is 8.24. The van der Waals surface area contributed by atoms with Crippen molar-refractivity contribution in [3.05, 3.63) is 142 Å². The number of hydrogen-bond acceptors (Lipinski definition) is 8. The number of allylic oxidation sites excluding steroid dienone is 1. The van der Waals surface area contributed by atoms with E-state index < -0.39 is 0 Å². The van der Waals surface area contributed by atoms with Crippen LogP contribution in [0.3, 0.4) is 0 Å². The molecule has 0 unspecified atom stereocenters. The van der Waals surface area contributed by atoms with Crippen LogP contribution in [0.5, 0.6) is 0 Å². The minimum Gasteiger partial charge on any atom is -0.311 e. The van der Waals surface area contributed by atoms with E-state index in [-0.39, 0.29) is 5.70 Å². The van der Waals surface area contributed by atoms with E-state index in [4.69, 9.17) is 10.9 Å². The number of rotatable bonds is 4. The van der Waals surface area contributed by atoms with Crippen molar-refractivity contribution in [2.75, 3.05) is 4.90 Å². The molecular weight excluding hydrogens is 601 g/mol. The van der Waals surface area contributed by atoms with Gasteiger partial charge in [-0.15, -0.1) is 0 Å². The molecule has 0 N–H and O–H groups in total. The zero-order valence-electron chi connectivity index (χ0n) is 22.8. The Labute approximate surface area is 266 Å². The summed E-state index contributed by atoms with van der Waals surface area (Å²) in [5, 5.41) is 9.68. The first-order valence-corrected chi connectivity index (χ1v) is 15.7. The number of nitrogens with zero attached hydrogens (tertiary/aromatic N) is 6.